The Balaban J connectivity index is 1.52. The molecule has 6 nitrogen and oxygen atoms in total. The number of pyridine rings is 1. The summed E-state index contributed by atoms with van der Waals surface area (Å²) in [6.45, 7) is 3.97. The van der Waals surface area contributed by atoms with Crippen molar-refractivity contribution in [2.75, 3.05) is 6.54 Å². The molecule has 0 aromatic carbocycles. The van der Waals surface area contributed by atoms with Crippen molar-refractivity contribution in [1.82, 2.24) is 29.8 Å². The Bertz CT molecular complexity index is 796. The number of nitrogens with one attached hydrogen (secondary N) is 1. The number of aryl methyl sites for hydroxylation is 1. The van der Waals surface area contributed by atoms with Gasteiger partial charge in [0.15, 0.2) is 5.82 Å². The van der Waals surface area contributed by atoms with E-state index in [-0.39, 0.29) is 0 Å². The minimum atomic E-state index is 0.324. The summed E-state index contributed by atoms with van der Waals surface area (Å²) in [6.07, 6.45) is 11.6. The van der Waals surface area contributed by atoms with Crippen LogP contribution in [-0.4, -0.2) is 36.4 Å². The third-order valence-corrected chi connectivity index (χ3v) is 4.43. The van der Waals surface area contributed by atoms with Crippen molar-refractivity contribution in [2.24, 2.45) is 0 Å². The van der Waals surface area contributed by atoms with Crippen molar-refractivity contribution in [1.29, 1.82) is 0 Å². The molecule has 4 rings (SSSR count). The van der Waals surface area contributed by atoms with E-state index in [0.717, 1.165) is 42.4 Å². The second-order valence-electron chi connectivity index (χ2n) is 6.23. The van der Waals surface area contributed by atoms with Crippen LogP contribution >= 0.6 is 0 Å². The molecule has 24 heavy (non-hydrogen) atoms. The lowest BCUT2D eigenvalue weighted by Crippen LogP contribution is -2.23. The van der Waals surface area contributed by atoms with Crippen LogP contribution in [0.5, 0.6) is 0 Å². The van der Waals surface area contributed by atoms with Gasteiger partial charge >= 0.3 is 0 Å². The van der Waals surface area contributed by atoms with E-state index in [4.69, 9.17) is 0 Å². The third-order valence-electron chi connectivity index (χ3n) is 4.43. The van der Waals surface area contributed by atoms with Gasteiger partial charge in [0.05, 0.1) is 24.1 Å². The summed E-state index contributed by atoms with van der Waals surface area (Å²) in [5.41, 5.74) is 4.07. The normalized spacial score (nSPS) is 18.1. The van der Waals surface area contributed by atoms with Crippen molar-refractivity contribution in [2.45, 2.75) is 32.4 Å². The molecule has 0 unspecified atom stereocenters. The zero-order chi connectivity index (χ0) is 16.4. The van der Waals surface area contributed by atoms with Crippen molar-refractivity contribution in [3.63, 3.8) is 0 Å². The lowest BCUT2D eigenvalue weighted by molar-refractivity contribution is 0.243. The molecule has 1 aliphatic rings. The van der Waals surface area contributed by atoms with Gasteiger partial charge in [0, 0.05) is 30.8 Å². The molecule has 0 aliphatic carbocycles. The van der Waals surface area contributed by atoms with Gasteiger partial charge in [-0.05, 0) is 37.9 Å². The maximum atomic E-state index is 4.66. The van der Waals surface area contributed by atoms with E-state index in [1.165, 1.54) is 12.0 Å². The quantitative estimate of drug-likeness (QED) is 0.800. The van der Waals surface area contributed by atoms with Gasteiger partial charge in [0.25, 0.3) is 0 Å². The summed E-state index contributed by atoms with van der Waals surface area (Å²) < 4.78 is 0. The summed E-state index contributed by atoms with van der Waals surface area (Å²) in [5, 5.41) is 0. The van der Waals surface area contributed by atoms with Gasteiger partial charge in [-0.1, -0.05) is 6.07 Å². The summed E-state index contributed by atoms with van der Waals surface area (Å²) in [7, 11) is 0. The van der Waals surface area contributed by atoms with Crippen LogP contribution in [0.25, 0.3) is 11.5 Å². The maximum absolute atomic E-state index is 4.66. The van der Waals surface area contributed by atoms with Gasteiger partial charge in [-0.2, -0.15) is 0 Å². The first-order valence-corrected chi connectivity index (χ1v) is 8.26. The number of aromatic nitrogens is 5. The number of aromatic amines is 1. The molecule has 1 atom stereocenters. The lowest BCUT2D eigenvalue weighted by Gasteiger charge is -2.23. The zero-order valence-corrected chi connectivity index (χ0v) is 13.7. The molecular formula is C18H20N6. The average molecular weight is 320 g/mol. The zero-order valence-electron chi connectivity index (χ0n) is 13.7. The predicted octanol–water partition coefficient (Wildman–Crippen LogP) is 2.91. The lowest BCUT2D eigenvalue weighted by atomic mass is 10.1. The van der Waals surface area contributed by atoms with E-state index >= 15 is 0 Å². The van der Waals surface area contributed by atoms with Crippen LogP contribution in [0.15, 0.2) is 43.1 Å². The molecule has 6 heteroatoms. The highest BCUT2D eigenvalue weighted by molar-refractivity contribution is 5.47. The van der Waals surface area contributed by atoms with Crippen LogP contribution in [0.2, 0.25) is 0 Å². The smallest absolute Gasteiger partial charge is 0.157 e. The summed E-state index contributed by atoms with van der Waals surface area (Å²) in [5.74, 6) is 0.769. The van der Waals surface area contributed by atoms with Crippen LogP contribution < -0.4 is 0 Å². The molecule has 0 radical (unpaired) electrons. The maximum Gasteiger partial charge on any atom is 0.157 e. The van der Waals surface area contributed by atoms with Crippen LogP contribution in [0.3, 0.4) is 0 Å². The van der Waals surface area contributed by atoms with E-state index in [1.807, 2.05) is 37.8 Å². The van der Waals surface area contributed by atoms with Crippen molar-refractivity contribution < 1.29 is 0 Å². The second-order valence-corrected chi connectivity index (χ2v) is 6.23. The SMILES string of the molecule is Cc1cnc(-c2cnc([C@@H]3CCCN3Cc3cccnc3)cn2)[nH]1. The molecule has 122 valence electrons. The first-order chi connectivity index (χ1) is 11.8. The van der Waals surface area contributed by atoms with Crippen molar-refractivity contribution >= 4 is 0 Å². The average Bonchev–Trinajstić information content (AvgIpc) is 3.25. The minimum Gasteiger partial charge on any atom is -0.341 e. The molecule has 1 N–H and O–H groups in total. The Morgan fingerprint density at radius 2 is 2.12 bits per heavy atom. The largest absolute Gasteiger partial charge is 0.341 e. The van der Waals surface area contributed by atoms with Gasteiger partial charge < -0.3 is 4.98 Å². The molecule has 1 aliphatic heterocycles. The van der Waals surface area contributed by atoms with Crippen LogP contribution in [-0.2, 0) is 6.54 Å². The Morgan fingerprint density at radius 1 is 1.17 bits per heavy atom. The Morgan fingerprint density at radius 3 is 2.83 bits per heavy atom. The second kappa shape index (κ2) is 6.49. The molecule has 1 fully saturated rings. The molecule has 3 aromatic heterocycles. The van der Waals surface area contributed by atoms with E-state index in [2.05, 4.69) is 35.9 Å². The molecule has 0 spiro atoms. The van der Waals surface area contributed by atoms with Crippen LogP contribution in [0, 0.1) is 6.92 Å². The monoisotopic (exact) mass is 320 g/mol. The highest BCUT2D eigenvalue weighted by atomic mass is 15.2. The number of likely N-dealkylation sites (tertiary alicyclic amines) is 1. The number of H-pyrrole nitrogens is 1. The van der Waals surface area contributed by atoms with E-state index < -0.39 is 0 Å². The van der Waals surface area contributed by atoms with Crippen molar-refractivity contribution in [3.8, 4) is 11.5 Å². The highest BCUT2D eigenvalue weighted by Gasteiger charge is 2.27. The molecule has 0 saturated carbocycles. The predicted molar refractivity (Wildman–Crippen MR) is 91.0 cm³/mol. The molecule has 0 amide bonds. The number of imidazole rings is 1. The van der Waals surface area contributed by atoms with Gasteiger partial charge in [0.1, 0.15) is 5.69 Å². The summed E-state index contributed by atoms with van der Waals surface area (Å²) in [6, 6.07) is 4.43. The first kappa shape index (κ1) is 15.0. The van der Waals surface area contributed by atoms with Crippen LogP contribution in [0.4, 0.5) is 0 Å². The standard InChI is InChI=1S/C18H20N6/c1-13-8-22-18(23-13)16-11-20-15(10-21-16)17-5-3-7-24(17)12-14-4-2-6-19-9-14/h2,4,6,8-11,17H,3,5,7,12H2,1H3,(H,22,23)/t17-/m0/s1. The topological polar surface area (TPSA) is 70.6 Å². The molecule has 4 heterocycles. The molecular weight excluding hydrogens is 300 g/mol. The van der Waals surface area contributed by atoms with E-state index in [9.17, 15) is 0 Å². The minimum absolute atomic E-state index is 0.324. The van der Waals surface area contributed by atoms with Gasteiger partial charge in [-0.15, -0.1) is 0 Å². The fraction of sp³-hybridized carbons (Fsp3) is 0.333. The number of hydrogen-bond acceptors (Lipinski definition) is 5. The summed E-state index contributed by atoms with van der Waals surface area (Å²) >= 11 is 0. The molecule has 3 aromatic rings. The number of hydrogen-bond donors (Lipinski definition) is 1. The fourth-order valence-electron chi connectivity index (χ4n) is 3.25. The van der Waals surface area contributed by atoms with Gasteiger partial charge in [-0.25, -0.2) is 9.97 Å². The van der Waals surface area contributed by atoms with Gasteiger partial charge in [0.2, 0.25) is 0 Å². The number of nitrogens with zero attached hydrogens (tertiary/aromatic N) is 5. The summed E-state index contributed by atoms with van der Waals surface area (Å²) in [4.78, 5) is 23.4. The third kappa shape index (κ3) is 3.05. The van der Waals surface area contributed by atoms with Crippen molar-refractivity contribution in [3.05, 3.63) is 60.1 Å². The van der Waals surface area contributed by atoms with E-state index in [0.29, 0.717) is 6.04 Å². The molecule has 1 saturated heterocycles. The Hall–Kier alpha value is -2.60. The van der Waals surface area contributed by atoms with E-state index in [1.54, 1.807) is 6.20 Å². The Labute approximate surface area is 141 Å². The number of rotatable bonds is 4. The van der Waals surface area contributed by atoms with Gasteiger partial charge in [-0.3, -0.25) is 14.9 Å². The first-order valence-electron chi connectivity index (χ1n) is 8.26. The highest BCUT2D eigenvalue weighted by Crippen LogP contribution is 2.32. The van der Waals surface area contributed by atoms with Crippen LogP contribution in [0.1, 0.15) is 35.8 Å². The fourth-order valence-corrected chi connectivity index (χ4v) is 3.25. The Kier molecular flexibility index (Phi) is 4.04. The molecule has 0 bridgehead atoms.